The Morgan fingerprint density at radius 1 is 1.12 bits per heavy atom. The summed E-state index contributed by atoms with van der Waals surface area (Å²) in [5, 5.41) is 0. The van der Waals surface area contributed by atoms with Crippen molar-refractivity contribution in [3.8, 4) is 0 Å². The zero-order chi connectivity index (χ0) is 12.3. The zero-order valence-electron chi connectivity index (χ0n) is 11.6. The van der Waals surface area contributed by atoms with Crippen LogP contribution < -0.4 is 0 Å². The number of piperazine rings is 1. The number of rotatable bonds is 5. The van der Waals surface area contributed by atoms with Crippen LogP contribution in [0.25, 0.3) is 0 Å². The van der Waals surface area contributed by atoms with E-state index in [-0.39, 0.29) is 0 Å². The first-order valence-electron chi connectivity index (χ1n) is 6.90. The van der Waals surface area contributed by atoms with Crippen LogP contribution in [0.5, 0.6) is 0 Å². The fraction of sp³-hybridized carbons (Fsp3) is 1.00. The van der Waals surface area contributed by atoms with Crippen LogP contribution >= 0.6 is 0 Å². The van der Waals surface area contributed by atoms with Gasteiger partial charge in [0, 0.05) is 39.3 Å². The lowest BCUT2D eigenvalue weighted by atomic mass is 9.88. The van der Waals surface area contributed by atoms with Crippen molar-refractivity contribution in [1.29, 1.82) is 0 Å². The van der Waals surface area contributed by atoms with Crippen molar-refractivity contribution < 1.29 is 4.74 Å². The largest absolute Gasteiger partial charge is 0.381 e. The van der Waals surface area contributed by atoms with Crippen molar-refractivity contribution in [2.24, 2.45) is 0 Å². The SMILES string of the molecule is CCN1CCN(CN(C)C2CC(OC)C2)CC1. The summed E-state index contributed by atoms with van der Waals surface area (Å²) in [4.78, 5) is 7.60. The quantitative estimate of drug-likeness (QED) is 0.705. The number of nitrogens with zero attached hydrogens (tertiary/aromatic N) is 3. The summed E-state index contributed by atoms with van der Waals surface area (Å²) in [7, 11) is 4.08. The molecule has 100 valence electrons. The maximum Gasteiger partial charge on any atom is 0.0601 e. The second kappa shape index (κ2) is 6.14. The second-order valence-electron chi connectivity index (χ2n) is 5.43. The molecule has 0 spiro atoms. The Balaban J connectivity index is 1.64. The van der Waals surface area contributed by atoms with Crippen molar-refractivity contribution in [3.63, 3.8) is 0 Å². The molecule has 1 saturated carbocycles. The molecule has 2 rings (SSSR count). The molecule has 0 bridgehead atoms. The van der Waals surface area contributed by atoms with E-state index in [9.17, 15) is 0 Å². The molecule has 1 aliphatic carbocycles. The summed E-state index contributed by atoms with van der Waals surface area (Å²) >= 11 is 0. The molecule has 1 aliphatic heterocycles. The number of methoxy groups -OCH3 is 1. The summed E-state index contributed by atoms with van der Waals surface area (Å²) in [6, 6.07) is 0.740. The molecule has 1 saturated heterocycles. The molecule has 0 atom stereocenters. The van der Waals surface area contributed by atoms with Crippen molar-refractivity contribution in [3.05, 3.63) is 0 Å². The van der Waals surface area contributed by atoms with Crippen molar-refractivity contribution in [2.45, 2.75) is 31.9 Å². The van der Waals surface area contributed by atoms with Gasteiger partial charge in [-0.1, -0.05) is 6.92 Å². The highest BCUT2D eigenvalue weighted by Gasteiger charge is 2.32. The van der Waals surface area contributed by atoms with E-state index in [1.165, 1.54) is 45.6 Å². The number of likely N-dealkylation sites (N-methyl/N-ethyl adjacent to an activating group) is 1. The van der Waals surface area contributed by atoms with Gasteiger partial charge in [-0.25, -0.2) is 0 Å². The summed E-state index contributed by atoms with van der Waals surface area (Å²) in [5.41, 5.74) is 0. The molecule has 0 unspecified atom stereocenters. The average Bonchev–Trinajstić information content (AvgIpc) is 2.28. The second-order valence-corrected chi connectivity index (χ2v) is 5.43. The Kier molecular flexibility index (Phi) is 4.79. The minimum atomic E-state index is 0.513. The van der Waals surface area contributed by atoms with Crippen LogP contribution in [0.3, 0.4) is 0 Å². The zero-order valence-corrected chi connectivity index (χ0v) is 11.6. The predicted octanol–water partition coefficient (Wildman–Crippen LogP) is 0.691. The maximum atomic E-state index is 5.34. The summed E-state index contributed by atoms with van der Waals surface area (Å²) in [6.45, 7) is 9.48. The first-order chi connectivity index (χ1) is 8.22. The number of hydrogen-bond acceptors (Lipinski definition) is 4. The molecule has 17 heavy (non-hydrogen) atoms. The number of hydrogen-bond donors (Lipinski definition) is 0. The van der Waals surface area contributed by atoms with Gasteiger partial charge in [-0.2, -0.15) is 0 Å². The lowest BCUT2D eigenvalue weighted by Gasteiger charge is -2.43. The topological polar surface area (TPSA) is 19.0 Å². The molecule has 0 N–H and O–H groups in total. The van der Waals surface area contributed by atoms with Gasteiger partial charge in [0.1, 0.15) is 0 Å². The standard InChI is InChI=1S/C13H27N3O/c1-4-15-5-7-16(8-6-15)11-14(2)12-9-13(10-12)17-3/h12-13H,4-11H2,1-3H3. The summed E-state index contributed by atoms with van der Waals surface area (Å²) in [5.74, 6) is 0. The molecule has 0 amide bonds. The predicted molar refractivity (Wildman–Crippen MR) is 70.1 cm³/mol. The highest BCUT2D eigenvalue weighted by Crippen LogP contribution is 2.26. The van der Waals surface area contributed by atoms with Crippen LogP contribution in [0.1, 0.15) is 19.8 Å². The molecule has 4 nitrogen and oxygen atoms in total. The third-order valence-electron chi connectivity index (χ3n) is 4.36. The fourth-order valence-electron chi connectivity index (χ4n) is 2.77. The Morgan fingerprint density at radius 3 is 2.24 bits per heavy atom. The molecule has 1 heterocycles. The van der Waals surface area contributed by atoms with Gasteiger partial charge in [-0.15, -0.1) is 0 Å². The van der Waals surface area contributed by atoms with E-state index in [2.05, 4.69) is 28.7 Å². The van der Waals surface area contributed by atoms with Crippen LogP contribution in [-0.2, 0) is 4.74 Å². The molecule has 0 aromatic heterocycles. The molecular weight excluding hydrogens is 214 g/mol. The fourth-order valence-corrected chi connectivity index (χ4v) is 2.77. The van der Waals surface area contributed by atoms with E-state index < -0.39 is 0 Å². The normalized spacial score (nSPS) is 31.8. The van der Waals surface area contributed by atoms with Crippen molar-refractivity contribution in [2.75, 3.05) is 53.5 Å². The van der Waals surface area contributed by atoms with Crippen LogP contribution in [0.4, 0.5) is 0 Å². The molecule has 0 aromatic rings. The van der Waals surface area contributed by atoms with Crippen LogP contribution in [0.2, 0.25) is 0 Å². The van der Waals surface area contributed by atoms with E-state index in [0.29, 0.717) is 6.10 Å². The Bertz CT molecular complexity index is 223. The third kappa shape index (κ3) is 3.41. The summed E-state index contributed by atoms with van der Waals surface area (Å²) < 4.78 is 5.34. The van der Waals surface area contributed by atoms with Gasteiger partial charge in [-0.05, 0) is 26.4 Å². The molecule has 2 aliphatic rings. The molecule has 0 radical (unpaired) electrons. The maximum absolute atomic E-state index is 5.34. The van der Waals surface area contributed by atoms with Crippen molar-refractivity contribution in [1.82, 2.24) is 14.7 Å². The van der Waals surface area contributed by atoms with Crippen molar-refractivity contribution >= 4 is 0 Å². The summed E-state index contributed by atoms with van der Waals surface area (Å²) in [6.07, 6.45) is 2.93. The molecular formula is C13H27N3O. The third-order valence-corrected chi connectivity index (χ3v) is 4.36. The first-order valence-corrected chi connectivity index (χ1v) is 6.90. The van der Waals surface area contributed by atoms with Gasteiger partial charge >= 0.3 is 0 Å². The minimum absolute atomic E-state index is 0.513. The van der Waals surface area contributed by atoms with Crippen LogP contribution in [-0.4, -0.2) is 80.4 Å². The van der Waals surface area contributed by atoms with E-state index in [4.69, 9.17) is 4.74 Å². The van der Waals surface area contributed by atoms with Gasteiger partial charge in [0.2, 0.25) is 0 Å². The highest BCUT2D eigenvalue weighted by atomic mass is 16.5. The molecule has 2 fully saturated rings. The average molecular weight is 241 g/mol. The minimum Gasteiger partial charge on any atom is -0.381 e. The Labute approximate surface area is 105 Å². The van der Waals surface area contributed by atoms with Gasteiger partial charge < -0.3 is 9.64 Å². The van der Waals surface area contributed by atoms with Gasteiger partial charge in [0.25, 0.3) is 0 Å². The molecule has 4 heteroatoms. The highest BCUT2D eigenvalue weighted by molar-refractivity contribution is 4.87. The van der Waals surface area contributed by atoms with E-state index in [1.54, 1.807) is 0 Å². The lowest BCUT2D eigenvalue weighted by molar-refractivity contribution is -0.0380. The van der Waals surface area contributed by atoms with Crippen LogP contribution in [0, 0.1) is 0 Å². The van der Waals surface area contributed by atoms with E-state index in [1.807, 2.05) is 7.11 Å². The first kappa shape index (κ1) is 13.3. The van der Waals surface area contributed by atoms with Crippen LogP contribution in [0.15, 0.2) is 0 Å². The van der Waals surface area contributed by atoms with Gasteiger partial charge in [-0.3, -0.25) is 9.80 Å². The monoisotopic (exact) mass is 241 g/mol. The van der Waals surface area contributed by atoms with E-state index in [0.717, 1.165) is 12.7 Å². The Morgan fingerprint density at radius 2 is 1.71 bits per heavy atom. The molecule has 0 aromatic carbocycles. The lowest BCUT2D eigenvalue weighted by Crippen LogP contribution is -2.53. The van der Waals surface area contributed by atoms with Gasteiger partial charge in [0.15, 0.2) is 0 Å². The smallest absolute Gasteiger partial charge is 0.0601 e. The number of ether oxygens (including phenoxy) is 1. The van der Waals surface area contributed by atoms with E-state index >= 15 is 0 Å². The van der Waals surface area contributed by atoms with Gasteiger partial charge in [0.05, 0.1) is 12.8 Å². The Hall–Kier alpha value is -0.160.